The molecular formula is C29H45ClN4O6. The summed E-state index contributed by atoms with van der Waals surface area (Å²) in [5.74, 6) is 0.512. The number of rotatable bonds is 11. The van der Waals surface area contributed by atoms with E-state index in [1.54, 1.807) is 7.05 Å². The van der Waals surface area contributed by atoms with Crippen LogP contribution in [-0.4, -0.2) is 85.6 Å². The van der Waals surface area contributed by atoms with E-state index < -0.39 is 12.2 Å². The summed E-state index contributed by atoms with van der Waals surface area (Å²) in [7, 11) is 2.86. The number of hydrogen-bond donors (Lipinski definition) is 3. The third-order valence-electron chi connectivity index (χ3n) is 7.92. The largest absolute Gasteiger partial charge is 0.465 e. The molecule has 1 saturated heterocycles. The standard InChI is InChI=1S/C29H45ClN4O6/c1-20(31-28(36)39-3)19-40-26(22-11-7-13-24(30)16-22)23-12-8-14-34(17-23)27(35)32-25(18-33(2)29(37)38)15-21-9-5-4-6-10-21/h7,11,13,16,20-21,23,25-26H,4-6,8-10,12,14-15,17-19H2,1-3H3,(H,31,36)(H,32,35)(H,37,38)/t20?,23-,25+,26+/m1/s1. The van der Waals surface area contributed by atoms with Crippen LogP contribution in [0.2, 0.25) is 5.02 Å². The highest BCUT2D eigenvalue weighted by Crippen LogP contribution is 2.34. The number of urea groups is 1. The van der Waals surface area contributed by atoms with Gasteiger partial charge >= 0.3 is 18.2 Å². The molecule has 4 atom stereocenters. The van der Waals surface area contributed by atoms with Gasteiger partial charge < -0.3 is 35.0 Å². The Hall–Kier alpha value is -2.72. The number of carbonyl (C=O) groups excluding carboxylic acids is 2. The Balaban J connectivity index is 1.69. The molecule has 1 aliphatic heterocycles. The molecule has 3 rings (SSSR count). The number of ether oxygens (including phenoxy) is 2. The third kappa shape index (κ3) is 10.0. The van der Waals surface area contributed by atoms with Gasteiger partial charge in [0.05, 0.1) is 25.9 Å². The quantitative estimate of drug-likeness (QED) is 0.317. The predicted molar refractivity (Wildman–Crippen MR) is 154 cm³/mol. The first-order chi connectivity index (χ1) is 19.2. The number of methoxy groups -OCH3 is 1. The van der Waals surface area contributed by atoms with Crippen molar-refractivity contribution >= 4 is 29.8 Å². The zero-order valence-corrected chi connectivity index (χ0v) is 24.7. The Morgan fingerprint density at radius 1 is 1.15 bits per heavy atom. The first kappa shape index (κ1) is 31.8. The number of benzene rings is 1. The average Bonchev–Trinajstić information content (AvgIpc) is 2.93. The molecule has 1 aromatic rings. The molecule has 0 aromatic heterocycles. The van der Waals surface area contributed by atoms with Crippen molar-refractivity contribution in [3.05, 3.63) is 34.9 Å². The van der Waals surface area contributed by atoms with Crippen LogP contribution in [0.4, 0.5) is 14.4 Å². The zero-order chi connectivity index (χ0) is 29.1. The van der Waals surface area contributed by atoms with Crippen molar-refractivity contribution in [2.45, 2.75) is 76.5 Å². The van der Waals surface area contributed by atoms with Gasteiger partial charge in [0, 0.05) is 43.7 Å². The van der Waals surface area contributed by atoms with Gasteiger partial charge in [-0.25, -0.2) is 14.4 Å². The Morgan fingerprint density at radius 3 is 2.58 bits per heavy atom. The molecular weight excluding hydrogens is 536 g/mol. The van der Waals surface area contributed by atoms with Gasteiger partial charge in [0.25, 0.3) is 0 Å². The fourth-order valence-electron chi connectivity index (χ4n) is 5.86. The topological polar surface area (TPSA) is 120 Å². The lowest BCUT2D eigenvalue weighted by molar-refractivity contribution is -0.0176. The third-order valence-corrected chi connectivity index (χ3v) is 8.15. The van der Waals surface area contributed by atoms with Crippen molar-refractivity contribution in [1.82, 2.24) is 20.4 Å². The average molecular weight is 581 g/mol. The molecule has 0 bridgehead atoms. The maximum atomic E-state index is 13.5. The number of carboxylic acid groups (broad SMARTS) is 1. The number of amides is 4. The number of nitrogens with one attached hydrogen (secondary N) is 2. The number of likely N-dealkylation sites (tertiary alicyclic amines) is 1. The molecule has 224 valence electrons. The summed E-state index contributed by atoms with van der Waals surface area (Å²) in [6, 6.07) is 6.85. The van der Waals surface area contributed by atoms with Gasteiger partial charge in [0.15, 0.2) is 0 Å². The van der Waals surface area contributed by atoms with Crippen LogP contribution in [0.25, 0.3) is 0 Å². The van der Waals surface area contributed by atoms with Crippen LogP contribution in [0.5, 0.6) is 0 Å². The van der Waals surface area contributed by atoms with Crippen LogP contribution in [-0.2, 0) is 9.47 Å². The molecule has 0 spiro atoms. The lowest BCUT2D eigenvalue weighted by atomic mass is 9.84. The van der Waals surface area contributed by atoms with Crippen LogP contribution < -0.4 is 10.6 Å². The van der Waals surface area contributed by atoms with E-state index in [0.717, 1.165) is 37.7 Å². The first-order valence-corrected chi connectivity index (χ1v) is 14.7. The molecule has 1 aliphatic carbocycles. The van der Waals surface area contributed by atoms with Crippen LogP contribution >= 0.6 is 11.6 Å². The number of likely N-dealkylation sites (N-methyl/N-ethyl adjacent to an activating group) is 1. The van der Waals surface area contributed by atoms with Crippen LogP contribution in [0, 0.1) is 11.8 Å². The van der Waals surface area contributed by atoms with E-state index in [4.69, 9.17) is 21.1 Å². The number of alkyl carbamates (subject to hydrolysis) is 1. The summed E-state index contributed by atoms with van der Waals surface area (Å²) in [5, 5.41) is 15.9. The summed E-state index contributed by atoms with van der Waals surface area (Å²) in [6.45, 7) is 3.48. The van der Waals surface area contributed by atoms with Crippen molar-refractivity contribution in [1.29, 1.82) is 0 Å². The van der Waals surface area contributed by atoms with Crippen LogP contribution in [0.3, 0.4) is 0 Å². The first-order valence-electron chi connectivity index (χ1n) is 14.4. The number of piperidine rings is 1. The monoisotopic (exact) mass is 580 g/mol. The summed E-state index contributed by atoms with van der Waals surface area (Å²) in [6.07, 6.45) is 6.47. The number of halogens is 1. The van der Waals surface area contributed by atoms with Gasteiger partial charge in [-0.15, -0.1) is 0 Å². The van der Waals surface area contributed by atoms with Crippen molar-refractivity contribution in [3.63, 3.8) is 0 Å². The maximum Gasteiger partial charge on any atom is 0.407 e. The van der Waals surface area contributed by atoms with Crippen molar-refractivity contribution in [2.24, 2.45) is 11.8 Å². The SMILES string of the molecule is COC(=O)NC(C)CO[C@@H](c1cccc(Cl)c1)[C@@H]1CCCN(C(=O)N[C@@H](CC2CCCCC2)CN(C)C(=O)O)C1. The van der Waals surface area contributed by atoms with Gasteiger partial charge in [0.2, 0.25) is 0 Å². The minimum atomic E-state index is -1.00. The summed E-state index contributed by atoms with van der Waals surface area (Å²) in [4.78, 5) is 39.7. The molecule has 0 radical (unpaired) electrons. The number of nitrogens with zero attached hydrogens (tertiary/aromatic N) is 2. The number of hydrogen-bond acceptors (Lipinski definition) is 5. The smallest absolute Gasteiger partial charge is 0.407 e. The second kappa shape index (κ2) is 15.9. The molecule has 40 heavy (non-hydrogen) atoms. The Labute approximate surface area is 242 Å². The highest BCUT2D eigenvalue weighted by molar-refractivity contribution is 6.30. The Morgan fingerprint density at radius 2 is 1.90 bits per heavy atom. The fourth-order valence-corrected chi connectivity index (χ4v) is 6.06. The molecule has 4 amide bonds. The minimum absolute atomic E-state index is 0.0155. The predicted octanol–water partition coefficient (Wildman–Crippen LogP) is 5.51. The van der Waals surface area contributed by atoms with Crippen molar-refractivity contribution in [2.75, 3.05) is 40.4 Å². The lowest BCUT2D eigenvalue weighted by Gasteiger charge is -2.38. The van der Waals surface area contributed by atoms with Gasteiger partial charge in [-0.2, -0.15) is 0 Å². The van der Waals surface area contributed by atoms with Crippen molar-refractivity contribution < 1.29 is 29.0 Å². The molecule has 11 heteroatoms. The second-order valence-electron chi connectivity index (χ2n) is 11.2. The lowest BCUT2D eigenvalue weighted by Crippen LogP contribution is -2.52. The van der Waals surface area contributed by atoms with Crippen molar-refractivity contribution in [3.8, 4) is 0 Å². The molecule has 1 heterocycles. The summed E-state index contributed by atoms with van der Waals surface area (Å²) in [5.41, 5.74) is 0.920. The van der Waals surface area contributed by atoms with E-state index >= 15 is 0 Å². The minimum Gasteiger partial charge on any atom is -0.465 e. The summed E-state index contributed by atoms with van der Waals surface area (Å²) >= 11 is 6.31. The summed E-state index contributed by atoms with van der Waals surface area (Å²) < 4.78 is 11.1. The second-order valence-corrected chi connectivity index (χ2v) is 11.7. The molecule has 2 fully saturated rings. The Bertz CT molecular complexity index is 976. The molecule has 1 aromatic carbocycles. The normalized spacial score (nSPS) is 20.2. The van der Waals surface area contributed by atoms with E-state index in [1.807, 2.05) is 36.1 Å². The molecule has 1 saturated carbocycles. The molecule has 3 N–H and O–H groups in total. The van der Waals surface area contributed by atoms with Gasteiger partial charge in [0.1, 0.15) is 0 Å². The zero-order valence-electron chi connectivity index (χ0n) is 23.9. The highest BCUT2D eigenvalue weighted by atomic mass is 35.5. The van der Waals surface area contributed by atoms with Crippen LogP contribution in [0.15, 0.2) is 24.3 Å². The van der Waals surface area contributed by atoms with E-state index in [1.165, 1.54) is 31.3 Å². The van der Waals surface area contributed by atoms with Gasteiger partial charge in [-0.1, -0.05) is 55.8 Å². The molecule has 1 unspecified atom stereocenters. The van der Waals surface area contributed by atoms with Gasteiger partial charge in [-0.3, -0.25) is 0 Å². The molecule has 2 aliphatic rings. The van der Waals surface area contributed by atoms with E-state index in [2.05, 4.69) is 10.6 Å². The van der Waals surface area contributed by atoms with E-state index in [9.17, 15) is 19.5 Å². The fraction of sp³-hybridized carbons (Fsp3) is 0.690. The maximum absolute atomic E-state index is 13.5. The highest BCUT2D eigenvalue weighted by Gasteiger charge is 2.33. The van der Waals surface area contributed by atoms with E-state index in [0.29, 0.717) is 24.0 Å². The van der Waals surface area contributed by atoms with Crippen LogP contribution in [0.1, 0.15) is 70.0 Å². The Kier molecular flexibility index (Phi) is 12.6. The number of carbonyl (C=O) groups is 3. The molecule has 10 nitrogen and oxygen atoms in total. The van der Waals surface area contributed by atoms with Gasteiger partial charge in [-0.05, 0) is 49.8 Å². The van der Waals surface area contributed by atoms with E-state index in [-0.39, 0.29) is 43.3 Å².